The predicted octanol–water partition coefficient (Wildman–Crippen LogP) is 1.61. The second-order valence-electron chi connectivity index (χ2n) is 7.08. The molecule has 2 heterocycles. The van der Waals surface area contributed by atoms with Gasteiger partial charge in [0.2, 0.25) is 10.0 Å². The summed E-state index contributed by atoms with van der Waals surface area (Å²) in [6, 6.07) is 4.14. The molecule has 1 aromatic rings. The molecule has 0 atom stereocenters. The Kier molecular flexibility index (Phi) is 5.00. The summed E-state index contributed by atoms with van der Waals surface area (Å²) in [4.78, 5) is 4.37. The Labute approximate surface area is 159 Å². The number of amidine groups is 1. The highest BCUT2D eigenvalue weighted by Gasteiger charge is 2.33. The standard InChI is InChI=1S/C17H23N3O5S2/c21-26(22)16-12-14(27(23,24)20-8-10-25-11-9-20)6-7-15(16)18-17(19-26)13-4-2-1-3-5-13/h6-7,12-13H,1-5,8-11H2,(H,18,19). The number of morpholine rings is 1. The van der Waals surface area contributed by atoms with Crippen LogP contribution in [0, 0.1) is 5.92 Å². The molecule has 3 aliphatic rings. The summed E-state index contributed by atoms with van der Waals surface area (Å²) in [6.07, 6.45) is 5.13. The van der Waals surface area contributed by atoms with Crippen molar-refractivity contribution in [3.8, 4) is 0 Å². The fraction of sp³-hybridized carbons (Fsp3) is 0.588. The zero-order chi connectivity index (χ0) is 19.1. The highest BCUT2D eigenvalue weighted by Crippen LogP contribution is 2.34. The Hall–Kier alpha value is -1.49. The average molecular weight is 414 g/mol. The molecule has 1 saturated carbocycles. The molecule has 10 heteroatoms. The van der Waals surface area contributed by atoms with E-state index in [1.807, 2.05) is 0 Å². The molecule has 0 bridgehead atoms. The number of nitrogens with one attached hydrogen (secondary N) is 1. The highest BCUT2D eigenvalue weighted by atomic mass is 32.2. The van der Waals surface area contributed by atoms with E-state index < -0.39 is 20.0 Å². The van der Waals surface area contributed by atoms with Gasteiger partial charge in [-0.2, -0.15) is 4.31 Å². The lowest BCUT2D eigenvalue weighted by Crippen LogP contribution is -2.41. The van der Waals surface area contributed by atoms with Gasteiger partial charge in [0.05, 0.1) is 23.8 Å². The van der Waals surface area contributed by atoms with Crippen LogP contribution < -0.4 is 4.72 Å². The van der Waals surface area contributed by atoms with Gasteiger partial charge in [-0.15, -0.1) is 0 Å². The summed E-state index contributed by atoms with van der Waals surface area (Å²) < 4.78 is 60.2. The van der Waals surface area contributed by atoms with Crippen molar-refractivity contribution < 1.29 is 21.6 Å². The minimum absolute atomic E-state index is 0.0372. The number of nitrogens with zero attached hydrogens (tertiary/aromatic N) is 2. The first kappa shape index (κ1) is 18.9. The lowest BCUT2D eigenvalue weighted by molar-refractivity contribution is 0.0730. The van der Waals surface area contributed by atoms with Gasteiger partial charge in [-0.25, -0.2) is 21.8 Å². The van der Waals surface area contributed by atoms with E-state index in [1.54, 1.807) is 0 Å². The van der Waals surface area contributed by atoms with Crippen LogP contribution >= 0.6 is 0 Å². The maximum absolute atomic E-state index is 12.8. The van der Waals surface area contributed by atoms with E-state index in [1.165, 1.54) is 22.5 Å². The lowest BCUT2D eigenvalue weighted by Gasteiger charge is -2.28. The fourth-order valence-corrected chi connectivity index (χ4v) is 6.57. The number of aliphatic imine (C=N–C) groups is 1. The minimum Gasteiger partial charge on any atom is -0.379 e. The summed E-state index contributed by atoms with van der Waals surface area (Å²) >= 11 is 0. The van der Waals surface area contributed by atoms with Gasteiger partial charge in [0, 0.05) is 19.0 Å². The molecule has 0 spiro atoms. The third-order valence-corrected chi connectivity index (χ3v) is 8.58. The van der Waals surface area contributed by atoms with Crippen molar-refractivity contribution in [2.75, 3.05) is 26.3 Å². The van der Waals surface area contributed by atoms with Crippen molar-refractivity contribution in [3.05, 3.63) is 18.2 Å². The topological polar surface area (TPSA) is 105 Å². The van der Waals surface area contributed by atoms with Crippen molar-refractivity contribution >= 4 is 31.6 Å². The Bertz CT molecular complexity index is 960. The molecule has 8 nitrogen and oxygen atoms in total. The second kappa shape index (κ2) is 7.16. The van der Waals surface area contributed by atoms with E-state index in [2.05, 4.69) is 9.71 Å². The van der Waals surface area contributed by atoms with E-state index >= 15 is 0 Å². The van der Waals surface area contributed by atoms with Crippen molar-refractivity contribution in [2.45, 2.75) is 41.9 Å². The number of fused-ring (bicyclic) bond motifs is 1. The maximum Gasteiger partial charge on any atom is 0.265 e. The monoisotopic (exact) mass is 413 g/mol. The van der Waals surface area contributed by atoms with Crippen LogP contribution in [-0.2, 0) is 24.8 Å². The van der Waals surface area contributed by atoms with Crippen LogP contribution in [0.2, 0.25) is 0 Å². The van der Waals surface area contributed by atoms with Gasteiger partial charge < -0.3 is 4.74 Å². The summed E-state index contributed by atoms with van der Waals surface area (Å²) in [5.74, 6) is 0.587. The molecular weight excluding hydrogens is 390 g/mol. The largest absolute Gasteiger partial charge is 0.379 e. The third-order valence-electron chi connectivity index (χ3n) is 5.30. The number of hydrogen-bond acceptors (Lipinski definition) is 6. The van der Waals surface area contributed by atoms with Crippen LogP contribution in [0.3, 0.4) is 0 Å². The molecule has 0 aromatic heterocycles. The number of ether oxygens (including phenoxy) is 1. The zero-order valence-corrected chi connectivity index (χ0v) is 16.6. The van der Waals surface area contributed by atoms with Gasteiger partial charge in [-0.1, -0.05) is 19.3 Å². The normalized spacial score (nSPS) is 23.9. The van der Waals surface area contributed by atoms with E-state index in [-0.39, 0.29) is 28.8 Å². The van der Waals surface area contributed by atoms with E-state index in [0.29, 0.717) is 24.7 Å². The van der Waals surface area contributed by atoms with Crippen LogP contribution in [0.5, 0.6) is 0 Å². The van der Waals surface area contributed by atoms with Crippen molar-refractivity contribution in [2.24, 2.45) is 10.9 Å². The van der Waals surface area contributed by atoms with Gasteiger partial charge in [-0.05, 0) is 31.0 Å². The zero-order valence-electron chi connectivity index (χ0n) is 14.9. The Morgan fingerprint density at radius 3 is 2.52 bits per heavy atom. The van der Waals surface area contributed by atoms with E-state index in [9.17, 15) is 16.8 Å². The van der Waals surface area contributed by atoms with Gasteiger partial charge in [-0.3, -0.25) is 4.72 Å². The summed E-state index contributed by atoms with van der Waals surface area (Å²) in [5, 5.41) is 0. The Morgan fingerprint density at radius 2 is 1.81 bits per heavy atom. The number of rotatable bonds is 3. The molecule has 148 valence electrons. The summed E-state index contributed by atoms with van der Waals surface area (Å²) in [6.45, 7) is 1.18. The Balaban J connectivity index is 1.70. The molecule has 0 radical (unpaired) electrons. The van der Waals surface area contributed by atoms with Crippen molar-refractivity contribution in [3.63, 3.8) is 0 Å². The molecular formula is C17H23N3O5S2. The summed E-state index contributed by atoms with van der Waals surface area (Å²) in [7, 11) is -7.61. The number of hydrogen-bond donors (Lipinski definition) is 1. The predicted molar refractivity (Wildman–Crippen MR) is 100 cm³/mol. The molecule has 4 rings (SSSR count). The smallest absolute Gasteiger partial charge is 0.265 e. The van der Waals surface area contributed by atoms with Gasteiger partial charge in [0.15, 0.2) is 0 Å². The summed E-state index contributed by atoms with van der Waals surface area (Å²) in [5.41, 5.74) is 0.301. The van der Waals surface area contributed by atoms with Crippen molar-refractivity contribution in [1.82, 2.24) is 9.03 Å². The van der Waals surface area contributed by atoms with Crippen LogP contribution in [0.4, 0.5) is 5.69 Å². The average Bonchev–Trinajstić information content (AvgIpc) is 2.68. The first-order valence-corrected chi connectivity index (χ1v) is 12.1. The minimum atomic E-state index is -3.84. The van der Waals surface area contributed by atoms with Crippen LogP contribution in [0.15, 0.2) is 33.0 Å². The number of sulfonamides is 2. The maximum atomic E-state index is 12.8. The lowest BCUT2D eigenvalue weighted by atomic mass is 9.88. The Morgan fingerprint density at radius 1 is 1.11 bits per heavy atom. The first-order valence-electron chi connectivity index (χ1n) is 9.21. The SMILES string of the molecule is O=S1(=O)NC(C2CCCCC2)=Nc2ccc(S(=O)(=O)N3CCOCC3)cc21. The van der Waals surface area contributed by atoms with Crippen LogP contribution in [-0.4, -0.2) is 53.3 Å². The molecule has 0 unspecified atom stereocenters. The first-order chi connectivity index (χ1) is 12.9. The fourth-order valence-electron chi connectivity index (χ4n) is 3.79. The quantitative estimate of drug-likeness (QED) is 0.810. The van der Waals surface area contributed by atoms with Gasteiger partial charge >= 0.3 is 0 Å². The second-order valence-corrected chi connectivity index (χ2v) is 10.7. The van der Waals surface area contributed by atoms with Gasteiger partial charge in [0.1, 0.15) is 10.7 Å². The highest BCUT2D eigenvalue weighted by molar-refractivity contribution is 7.90. The van der Waals surface area contributed by atoms with Crippen molar-refractivity contribution in [1.29, 1.82) is 0 Å². The molecule has 27 heavy (non-hydrogen) atoms. The molecule has 2 fully saturated rings. The van der Waals surface area contributed by atoms with E-state index in [4.69, 9.17) is 4.74 Å². The van der Waals surface area contributed by atoms with Crippen LogP contribution in [0.25, 0.3) is 0 Å². The molecule has 1 aromatic carbocycles. The molecule has 1 aliphatic carbocycles. The molecule has 2 aliphatic heterocycles. The van der Waals surface area contributed by atoms with Crippen LogP contribution in [0.1, 0.15) is 32.1 Å². The van der Waals surface area contributed by atoms with Gasteiger partial charge in [0.25, 0.3) is 10.0 Å². The number of benzene rings is 1. The molecule has 0 amide bonds. The third kappa shape index (κ3) is 3.63. The van der Waals surface area contributed by atoms with E-state index in [0.717, 1.165) is 32.1 Å². The molecule has 1 N–H and O–H groups in total. The molecule has 1 saturated heterocycles.